The number of hydrogen-bond acceptors (Lipinski definition) is 0. The zero-order valence-corrected chi connectivity index (χ0v) is 10.9. The van der Waals surface area contributed by atoms with Crippen LogP contribution in [0.15, 0.2) is 36.0 Å². The molecule has 11 heavy (non-hydrogen) atoms. The van der Waals surface area contributed by atoms with Crippen LogP contribution in [0.3, 0.4) is 0 Å². The average Bonchev–Trinajstić information content (AvgIpc) is 1.80. The Balaban J connectivity index is 0. The maximum absolute atomic E-state index is 5.75. The molecular formula is C8H8Cl2Zn-. The minimum absolute atomic E-state index is 0. The standard InChI is InChI=1S/C8H8Cl.ClH.Zn/c1-6-3-4-8(9)7(2)5-6;;/h3-5H,1H2,2H3;1H;/p-1. The largest absolute Gasteiger partial charge is 1.00 e. The Morgan fingerprint density at radius 3 is 2.27 bits per heavy atom. The van der Waals surface area contributed by atoms with Crippen molar-refractivity contribution in [2.45, 2.75) is 6.92 Å². The first-order valence-electron chi connectivity index (χ1n) is 2.78. The van der Waals surface area contributed by atoms with Gasteiger partial charge in [-0.25, -0.2) is 0 Å². The number of rotatable bonds is 0. The first kappa shape index (κ1) is 14.0. The van der Waals surface area contributed by atoms with Crippen molar-refractivity contribution < 1.29 is 31.9 Å². The van der Waals surface area contributed by atoms with Gasteiger partial charge < -0.3 is 12.4 Å². The summed E-state index contributed by atoms with van der Waals surface area (Å²) in [5.41, 5.74) is 2.10. The summed E-state index contributed by atoms with van der Waals surface area (Å²) in [5.74, 6) is 0. The van der Waals surface area contributed by atoms with Crippen molar-refractivity contribution in [1.29, 1.82) is 0 Å². The Bertz CT molecular complexity index is 194. The van der Waals surface area contributed by atoms with Gasteiger partial charge in [-0.15, -0.1) is 11.6 Å². The van der Waals surface area contributed by atoms with E-state index in [0.29, 0.717) is 0 Å². The predicted octanol–water partition coefficient (Wildman–Crippen LogP) is -0.169. The smallest absolute Gasteiger partial charge is 0.110 e. The SMILES string of the molecule is C=C1C=C[C](Cl)C(C)=C1.[Cl-].[Zn]. The van der Waals surface area contributed by atoms with E-state index in [9.17, 15) is 0 Å². The average molecular weight is 240 g/mol. The molecule has 1 aliphatic carbocycles. The van der Waals surface area contributed by atoms with Crippen LogP contribution in [0.25, 0.3) is 0 Å². The molecule has 0 nitrogen and oxygen atoms in total. The van der Waals surface area contributed by atoms with Crippen LogP contribution >= 0.6 is 11.6 Å². The van der Waals surface area contributed by atoms with Gasteiger partial charge >= 0.3 is 0 Å². The molecule has 0 atom stereocenters. The third-order valence-corrected chi connectivity index (χ3v) is 1.65. The van der Waals surface area contributed by atoms with Crippen molar-refractivity contribution in [3.63, 3.8) is 0 Å². The Morgan fingerprint density at radius 1 is 1.36 bits per heavy atom. The molecule has 0 amide bonds. The Morgan fingerprint density at radius 2 is 1.91 bits per heavy atom. The van der Waals surface area contributed by atoms with Gasteiger partial charge in [-0.1, -0.05) is 24.8 Å². The van der Waals surface area contributed by atoms with Crippen molar-refractivity contribution in [1.82, 2.24) is 0 Å². The molecule has 57 valence electrons. The van der Waals surface area contributed by atoms with E-state index in [1.165, 1.54) is 0 Å². The van der Waals surface area contributed by atoms with Gasteiger partial charge in [0.15, 0.2) is 0 Å². The summed E-state index contributed by atoms with van der Waals surface area (Å²) in [7, 11) is 0. The van der Waals surface area contributed by atoms with Gasteiger partial charge in [0.25, 0.3) is 0 Å². The van der Waals surface area contributed by atoms with Gasteiger partial charge in [-0.05, 0) is 18.1 Å². The fourth-order valence-corrected chi connectivity index (χ4v) is 0.824. The first-order valence-corrected chi connectivity index (χ1v) is 3.16. The maximum Gasteiger partial charge on any atom is 0.110 e. The second kappa shape index (κ2) is 6.00. The molecule has 0 unspecified atom stereocenters. The van der Waals surface area contributed by atoms with E-state index < -0.39 is 0 Å². The fraction of sp³-hybridized carbons (Fsp3) is 0.125. The zero-order chi connectivity index (χ0) is 6.85. The van der Waals surface area contributed by atoms with Crippen LogP contribution in [0.5, 0.6) is 0 Å². The third-order valence-electron chi connectivity index (χ3n) is 1.22. The second-order valence-electron chi connectivity index (χ2n) is 2.08. The number of halogens is 2. The first-order chi connectivity index (χ1) is 4.20. The fourth-order valence-electron chi connectivity index (χ4n) is 0.707. The van der Waals surface area contributed by atoms with Crippen LogP contribution in [-0.2, 0) is 19.5 Å². The van der Waals surface area contributed by atoms with Crippen LogP contribution < -0.4 is 12.4 Å². The normalized spacial score (nSPS) is 16.5. The van der Waals surface area contributed by atoms with Crippen molar-refractivity contribution in [2.24, 2.45) is 0 Å². The molecule has 0 aromatic rings. The molecule has 1 rings (SSSR count). The summed E-state index contributed by atoms with van der Waals surface area (Å²) in [4.78, 5) is 0. The number of hydrogen-bond donors (Lipinski definition) is 0. The van der Waals surface area contributed by atoms with E-state index in [0.717, 1.165) is 16.5 Å². The molecule has 3 heteroatoms. The van der Waals surface area contributed by atoms with Crippen molar-refractivity contribution in [3.05, 3.63) is 41.3 Å². The molecule has 0 bridgehead atoms. The molecule has 1 radical (unpaired) electrons. The Hall–Kier alpha value is 0.423. The van der Waals surface area contributed by atoms with Crippen LogP contribution in [0.4, 0.5) is 0 Å². The van der Waals surface area contributed by atoms with Gasteiger partial charge in [-0.2, -0.15) is 0 Å². The molecule has 0 spiro atoms. The maximum atomic E-state index is 5.75. The molecule has 0 aliphatic heterocycles. The monoisotopic (exact) mass is 238 g/mol. The van der Waals surface area contributed by atoms with Gasteiger partial charge in [0, 0.05) is 19.5 Å². The Labute approximate surface area is 91.6 Å². The summed E-state index contributed by atoms with van der Waals surface area (Å²) in [6.07, 6.45) is 5.72. The van der Waals surface area contributed by atoms with E-state index in [1.54, 1.807) is 0 Å². The van der Waals surface area contributed by atoms with Gasteiger partial charge in [0.05, 0.1) is 0 Å². The van der Waals surface area contributed by atoms with Crippen LogP contribution in [0.2, 0.25) is 0 Å². The van der Waals surface area contributed by atoms with Crippen molar-refractivity contribution >= 4 is 11.6 Å². The quantitative estimate of drug-likeness (QED) is 0.516. The van der Waals surface area contributed by atoms with Crippen molar-refractivity contribution in [2.75, 3.05) is 0 Å². The molecule has 0 aromatic carbocycles. The van der Waals surface area contributed by atoms with Gasteiger partial charge in [0.1, 0.15) is 5.38 Å². The summed E-state index contributed by atoms with van der Waals surface area (Å²) in [6.45, 7) is 5.73. The van der Waals surface area contributed by atoms with E-state index in [2.05, 4.69) is 6.58 Å². The summed E-state index contributed by atoms with van der Waals surface area (Å²) in [6, 6.07) is 0. The molecule has 0 saturated heterocycles. The summed E-state index contributed by atoms with van der Waals surface area (Å²) >= 11 is 5.75. The van der Waals surface area contributed by atoms with E-state index in [4.69, 9.17) is 11.6 Å². The van der Waals surface area contributed by atoms with E-state index in [1.807, 2.05) is 25.2 Å². The van der Waals surface area contributed by atoms with Crippen LogP contribution in [0.1, 0.15) is 6.92 Å². The molecule has 0 aromatic heterocycles. The number of allylic oxidation sites excluding steroid dienone is 5. The summed E-state index contributed by atoms with van der Waals surface area (Å²) in [5, 5.41) is 0.808. The zero-order valence-electron chi connectivity index (χ0n) is 6.40. The third kappa shape index (κ3) is 4.10. The molecule has 0 N–H and O–H groups in total. The van der Waals surface area contributed by atoms with Gasteiger partial charge in [-0.3, -0.25) is 0 Å². The Kier molecular flexibility index (Phi) is 7.62. The molecule has 0 fully saturated rings. The van der Waals surface area contributed by atoms with Crippen molar-refractivity contribution in [3.8, 4) is 0 Å². The van der Waals surface area contributed by atoms with Crippen LogP contribution in [0, 0.1) is 5.38 Å². The molecule has 0 heterocycles. The second-order valence-corrected chi connectivity index (χ2v) is 2.49. The minimum atomic E-state index is 0. The molecule has 1 aliphatic rings. The summed E-state index contributed by atoms with van der Waals surface area (Å²) < 4.78 is 0. The minimum Gasteiger partial charge on any atom is -1.00 e. The van der Waals surface area contributed by atoms with E-state index >= 15 is 0 Å². The van der Waals surface area contributed by atoms with Crippen LogP contribution in [-0.4, -0.2) is 0 Å². The molecule has 0 saturated carbocycles. The van der Waals surface area contributed by atoms with E-state index in [-0.39, 0.29) is 31.9 Å². The topological polar surface area (TPSA) is 0 Å². The molecular weight excluding hydrogens is 232 g/mol. The predicted molar refractivity (Wildman–Crippen MR) is 41.1 cm³/mol. The van der Waals surface area contributed by atoms with Gasteiger partial charge in [0.2, 0.25) is 0 Å².